The third kappa shape index (κ3) is 0.983. The van der Waals surface area contributed by atoms with Crippen LogP contribution in [0.4, 0.5) is 13.2 Å². The largest absolute Gasteiger partial charge is 0.417 e. The minimum Gasteiger partial charge on any atom is -0.365 e. The van der Waals surface area contributed by atoms with Crippen molar-refractivity contribution >= 4 is 0 Å². The Labute approximate surface area is 73.3 Å². The maximum atomic E-state index is 12.4. The topological polar surface area (TPSA) is 33.0 Å². The smallest absolute Gasteiger partial charge is 0.365 e. The molecular formula is C8H8F3NO. The number of nitrogens with zero attached hydrogens (tertiary/aromatic N) is 1. The minimum atomic E-state index is -4.28. The first-order valence-corrected chi connectivity index (χ1v) is 4.01. The van der Waals surface area contributed by atoms with Crippen molar-refractivity contribution in [2.45, 2.75) is 31.0 Å². The second-order valence-electron chi connectivity index (χ2n) is 3.97. The summed E-state index contributed by atoms with van der Waals surface area (Å²) in [5, 5.41) is 8.42. The Morgan fingerprint density at radius 3 is 2.38 bits per heavy atom. The summed E-state index contributed by atoms with van der Waals surface area (Å²) in [6, 6.07) is 1.91. The van der Waals surface area contributed by atoms with Gasteiger partial charge in [0.15, 0.2) is 5.60 Å². The van der Waals surface area contributed by atoms with Crippen LogP contribution < -0.4 is 0 Å². The van der Waals surface area contributed by atoms with E-state index in [0.29, 0.717) is 0 Å². The highest BCUT2D eigenvalue weighted by atomic mass is 19.4. The normalized spacial score (nSPS) is 42.6. The summed E-state index contributed by atoms with van der Waals surface area (Å²) >= 11 is 0. The summed E-state index contributed by atoms with van der Waals surface area (Å²) in [7, 11) is 0. The Hall–Kier alpha value is -0.760. The SMILES string of the molecule is N#CCC12COC(C(F)(F)F)(C1)C2. The van der Waals surface area contributed by atoms with Crippen LogP contribution >= 0.6 is 0 Å². The number of hydrogen-bond donors (Lipinski definition) is 0. The maximum Gasteiger partial charge on any atom is 0.417 e. The van der Waals surface area contributed by atoms with E-state index in [-0.39, 0.29) is 25.9 Å². The Bertz CT molecular complexity index is 272. The molecule has 0 atom stereocenters. The number of nitriles is 1. The maximum absolute atomic E-state index is 12.4. The quantitative estimate of drug-likeness (QED) is 0.635. The van der Waals surface area contributed by atoms with Gasteiger partial charge in [-0.25, -0.2) is 0 Å². The molecule has 1 aliphatic carbocycles. The zero-order valence-corrected chi connectivity index (χ0v) is 6.82. The molecule has 3 aliphatic rings. The van der Waals surface area contributed by atoms with Crippen molar-refractivity contribution in [3.05, 3.63) is 0 Å². The Morgan fingerprint density at radius 2 is 2.00 bits per heavy atom. The molecule has 2 saturated heterocycles. The number of fused-ring (bicyclic) bond motifs is 1. The molecule has 1 saturated carbocycles. The van der Waals surface area contributed by atoms with Crippen LogP contribution in [0.25, 0.3) is 0 Å². The fourth-order valence-corrected chi connectivity index (χ4v) is 2.28. The van der Waals surface area contributed by atoms with Gasteiger partial charge in [0, 0.05) is 11.8 Å². The summed E-state index contributed by atoms with van der Waals surface area (Å²) < 4.78 is 41.9. The first kappa shape index (κ1) is 8.82. The third-order valence-electron chi connectivity index (χ3n) is 2.95. The fourth-order valence-electron chi connectivity index (χ4n) is 2.28. The molecule has 2 aliphatic heterocycles. The molecule has 3 rings (SSSR count). The standard InChI is InChI=1S/C8H8F3NO/c9-8(10,11)7-3-6(4-7,1-2-12)5-13-7/h1,3-5H2. The van der Waals surface area contributed by atoms with Gasteiger partial charge < -0.3 is 4.74 Å². The van der Waals surface area contributed by atoms with E-state index in [1.165, 1.54) is 0 Å². The second kappa shape index (κ2) is 2.18. The highest BCUT2D eigenvalue weighted by Crippen LogP contribution is 2.65. The lowest BCUT2D eigenvalue weighted by atomic mass is 9.61. The van der Waals surface area contributed by atoms with Gasteiger partial charge in [0.05, 0.1) is 12.7 Å². The van der Waals surface area contributed by atoms with Crippen molar-refractivity contribution in [1.82, 2.24) is 0 Å². The lowest BCUT2D eigenvalue weighted by Crippen LogP contribution is -2.54. The van der Waals surface area contributed by atoms with Crippen LogP contribution in [0.15, 0.2) is 0 Å². The van der Waals surface area contributed by atoms with E-state index in [9.17, 15) is 13.2 Å². The van der Waals surface area contributed by atoms with E-state index >= 15 is 0 Å². The fraction of sp³-hybridized carbons (Fsp3) is 0.875. The van der Waals surface area contributed by atoms with E-state index in [1.807, 2.05) is 6.07 Å². The summed E-state index contributed by atoms with van der Waals surface area (Å²) in [5.74, 6) is 0. The van der Waals surface area contributed by atoms with Gasteiger partial charge >= 0.3 is 6.18 Å². The highest BCUT2D eigenvalue weighted by Gasteiger charge is 2.73. The molecule has 5 heteroatoms. The average molecular weight is 191 g/mol. The van der Waals surface area contributed by atoms with Gasteiger partial charge in [-0.05, 0) is 12.8 Å². The van der Waals surface area contributed by atoms with Gasteiger partial charge in [0.25, 0.3) is 0 Å². The Balaban J connectivity index is 2.12. The molecule has 0 unspecified atom stereocenters. The molecule has 0 spiro atoms. The first-order chi connectivity index (χ1) is 5.93. The number of ether oxygens (including phenoxy) is 1. The number of alkyl halides is 3. The molecule has 0 N–H and O–H groups in total. The van der Waals surface area contributed by atoms with Crippen LogP contribution in [-0.4, -0.2) is 18.4 Å². The minimum absolute atomic E-state index is 0.0307. The number of rotatable bonds is 1. The summed E-state index contributed by atoms with van der Waals surface area (Å²) in [4.78, 5) is 0. The van der Waals surface area contributed by atoms with Gasteiger partial charge in [0.1, 0.15) is 0 Å². The van der Waals surface area contributed by atoms with Gasteiger partial charge in [-0.2, -0.15) is 18.4 Å². The van der Waals surface area contributed by atoms with Crippen molar-refractivity contribution in [2.24, 2.45) is 5.41 Å². The summed E-state index contributed by atoms with van der Waals surface area (Å²) in [5.41, 5.74) is -2.41. The number of halogens is 3. The van der Waals surface area contributed by atoms with E-state index in [4.69, 9.17) is 10.00 Å². The van der Waals surface area contributed by atoms with E-state index in [0.717, 1.165) is 0 Å². The van der Waals surface area contributed by atoms with E-state index in [2.05, 4.69) is 0 Å². The zero-order chi connectivity index (χ0) is 9.74. The Kier molecular flexibility index (Phi) is 1.48. The number of hydrogen-bond acceptors (Lipinski definition) is 2. The van der Waals surface area contributed by atoms with Crippen LogP contribution in [0, 0.1) is 16.7 Å². The van der Waals surface area contributed by atoms with Crippen LogP contribution in [0.2, 0.25) is 0 Å². The van der Waals surface area contributed by atoms with Gasteiger partial charge in [0.2, 0.25) is 0 Å². The van der Waals surface area contributed by atoms with Crippen molar-refractivity contribution < 1.29 is 17.9 Å². The molecule has 0 aromatic heterocycles. The van der Waals surface area contributed by atoms with Crippen molar-refractivity contribution in [3.8, 4) is 6.07 Å². The van der Waals surface area contributed by atoms with E-state index < -0.39 is 17.2 Å². The highest BCUT2D eigenvalue weighted by molar-refractivity contribution is 5.16. The van der Waals surface area contributed by atoms with Crippen molar-refractivity contribution in [1.29, 1.82) is 5.26 Å². The third-order valence-corrected chi connectivity index (χ3v) is 2.95. The van der Waals surface area contributed by atoms with Gasteiger partial charge in [-0.3, -0.25) is 0 Å². The van der Waals surface area contributed by atoms with Crippen LogP contribution in [-0.2, 0) is 4.74 Å². The summed E-state index contributed by atoms with van der Waals surface area (Å²) in [6.07, 6.45) is -4.17. The second-order valence-corrected chi connectivity index (χ2v) is 3.97. The van der Waals surface area contributed by atoms with Crippen LogP contribution in [0.5, 0.6) is 0 Å². The molecule has 13 heavy (non-hydrogen) atoms. The van der Waals surface area contributed by atoms with E-state index in [1.54, 1.807) is 0 Å². The first-order valence-electron chi connectivity index (χ1n) is 4.01. The Morgan fingerprint density at radius 1 is 1.38 bits per heavy atom. The van der Waals surface area contributed by atoms with Crippen LogP contribution in [0.1, 0.15) is 19.3 Å². The predicted molar refractivity (Wildman–Crippen MR) is 36.6 cm³/mol. The van der Waals surface area contributed by atoms with Gasteiger partial charge in [-0.1, -0.05) is 0 Å². The molecule has 2 bridgehead atoms. The molecule has 0 aromatic carbocycles. The molecule has 72 valence electrons. The van der Waals surface area contributed by atoms with Gasteiger partial charge in [-0.15, -0.1) is 0 Å². The zero-order valence-electron chi connectivity index (χ0n) is 6.82. The van der Waals surface area contributed by atoms with Crippen molar-refractivity contribution in [2.75, 3.05) is 6.61 Å². The summed E-state index contributed by atoms with van der Waals surface area (Å²) in [6.45, 7) is 0.0834. The monoisotopic (exact) mass is 191 g/mol. The molecule has 0 amide bonds. The molecule has 2 nitrogen and oxygen atoms in total. The lowest BCUT2D eigenvalue weighted by molar-refractivity contribution is -0.277. The molecule has 2 heterocycles. The molecular weight excluding hydrogens is 183 g/mol. The molecule has 0 aromatic rings. The molecule has 3 fully saturated rings. The van der Waals surface area contributed by atoms with Crippen molar-refractivity contribution in [3.63, 3.8) is 0 Å². The predicted octanol–water partition coefficient (Wildman–Crippen LogP) is 2.01. The van der Waals surface area contributed by atoms with Crippen LogP contribution in [0.3, 0.4) is 0 Å². The lowest BCUT2D eigenvalue weighted by Gasteiger charge is -2.44. The average Bonchev–Trinajstić information content (AvgIpc) is 2.40. The molecule has 0 radical (unpaired) electrons.